The fourth-order valence-corrected chi connectivity index (χ4v) is 3.99. The molecule has 0 aliphatic carbocycles. The third-order valence-corrected chi connectivity index (χ3v) is 5.86. The van der Waals surface area contributed by atoms with Gasteiger partial charge >= 0.3 is 11.8 Å². The third-order valence-electron chi connectivity index (χ3n) is 5.86. The van der Waals surface area contributed by atoms with Gasteiger partial charge < -0.3 is 25.3 Å². The Hall–Kier alpha value is -3.06. The maximum Gasteiger partial charge on any atom is 0.313 e. The number of amides is 2. The number of likely N-dealkylation sites (tertiary alicyclic amines) is 1. The lowest BCUT2D eigenvalue weighted by Gasteiger charge is -2.25. The number of carbonyl (C=O) groups excluding carboxylic acids is 2. The largest absolute Gasteiger partial charge is 0.378 e. The van der Waals surface area contributed by atoms with Gasteiger partial charge in [-0.2, -0.15) is 0 Å². The van der Waals surface area contributed by atoms with Gasteiger partial charge in [-0.05, 0) is 36.4 Å². The van der Waals surface area contributed by atoms with Crippen molar-refractivity contribution >= 4 is 28.9 Å². The van der Waals surface area contributed by atoms with Gasteiger partial charge in [0.05, 0.1) is 19.6 Å². The lowest BCUT2D eigenvalue weighted by atomic mass is 10.0. The molecule has 1 saturated heterocycles. The molecule has 1 aliphatic heterocycles. The van der Waals surface area contributed by atoms with Crippen molar-refractivity contribution in [1.29, 1.82) is 0 Å². The Bertz CT molecular complexity index is 872. The molecule has 0 radical (unpaired) electrons. The van der Waals surface area contributed by atoms with Crippen LogP contribution in [0.4, 0.5) is 17.1 Å². The van der Waals surface area contributed by atoms with Gasteiger partial charge in [0.15, 0.2) is 0 Å². The van der Waals surface area contributed by atoms with E-state index in [-0.39, 0.29) is 6.04 Å². The van der Waals surface area contributed by atoms with Crippen molar-refractivity contribution in [2.45, 2.75) is 18.9 Å². The number of nitrogens with one attached hydrogen (secondary N) is 3. The van der Waals surface area contributed by atoms with E-state index in [0.29, 0.717) is 12.2 Å². The number of quaternary nitrogens is 1. The lowest BCUT2D eigenvalue weighted by Crippen LogP contribution is -3.11. The van der Waals surface area contributed by atoms with Crippen LogP contribution in [-0.4, -0.2) is 59.6 Å². The number of rotatable bonds is 7. The van der Waals surface area contributed by atoms with Crippen LogP contribution in [0.5, 0.6) is 0 Å². The highest BCUT2D eigenvalue weighted by atomic mass is 16.2. The molecule has 7 nitrogen and oxygen atoms in total. The molecule has 166 valence electrons. The second-order valence-electron chi connectivity index (χ2n) is 8.51. The standard InChI is InChI=1S/C24H33N5O2/c1-27(2)20-11-7-18(8-12-20)22(29-15-5-6-16-29)17-25-23(30)24(31)26-19-9-13-21(14-10-19)28(3)4/h7-14,22H,5-6,15-17H2,1-4H3,(H,25,30)(H,26,31)/p+1/t22-/m1/s1. The van der Waals surface area contributed by atoms with Gasteiger partial charge in [0.25, 0.3) is 0 Å². The second kappa shape index (κ2) is 10.3. The predicted molar refractivity (Wildman–Crippen MR) is 126 cm³/mol. The molecule has 3 rings (SSSR count). The third kappa shape index (κ3) is 5.98. The summed E-state index contributed by atoms with van der Waals surface area (Å²) >= 11 is 0. The van der Waals surface area contributed by atoms with Crippen molar-refractivity contribution in [3.63, 3.8) is 0 Å². The average Bonchev–Trinajstić information content (AvgIpc) is 3.29. The van der Waals surface area contributed by atoms with Crippen LogP contribution in [0, 0.1) is 0 Å². The Morgan fingerprint density at radius 3 is 1.87 bits per heavy atom. The van der Waals surface area contributed by atoms with E-state index < -0.39 is 11.8 Å². The first-order valence-corrected chi connectivity index (χ1v) is 10.8. The molecule has 0 spiro atoms. The van der Waals surface area contributed by atoms with E-state index in [4.69, 9.17) is 0 Å². The molecular formula is C24H34N5O2+. The maximum absolute atomic E-state index is 12.5. The summed E-state index contributed by atoms with van der Waals surface area (Å²) in [6, 6.07) is 16.0. The highest BCUT2D eigenvalue weighted by Gasteiger charge is 2.28. The van der Waals surface area contributed by atoms with Crippen LogP contribution in [0.25, 0.3) is 0 Å². The zero-order valence-electron chi connectivity index (χ0n) is 18.9. The number of carbonyl (C=O) groups is 2. The van der Waals surface area contributed by atoms with Crippen LogP contribution >= 0.6 is 0 Å². The van der Waals surface area contributed by atoms with Gasteiger partial charge in [-0.1, -0.05) is 12.1 Å². The molecule has 0 aromatic heterocycles. The van der Waals surface area contributed by atoms with E-state index in [9.17, 15) is 9.59 Å². The topological polar surface area (TPSA) is 69.1 Å². The number of hydrogen-bond acceptors (Lipinski definition) is 4. The molecule has 1 aliphatic rings. The summed E-state index contributed by atoms with van der Waals surface area (Å²) in [5.74, 6) is -1.25. The maximum atomic E-state index is 12.5. The van der Waals surface area contributed by atoms with Gasteiger partial charge in [-0.25, -0.2) is 0 Å². The fourth-order valence-electron chi connectivity index (χ4n) is 3.99. The second-order valence-corrected chi connectivity index (χ2v) is 8.51. The lowest BCUT2D eigenvalue weighted by molar-refractivity contribution is -0.918. The quantitative estimate of drug-likeness (QED) is 0.586. The minimum absolute atomic E-state index is 0.134. The smallest absolute Gasteiger partial charge is 0.313 e. The van der Waals surface area contributed by atoms with Crippen LogP contribution < -0.4 is 25.3 Å². The fraction of sp³-hybridized carbons (Fsp3) is 0.417. The molecule has 2 amide bonds. The zero-order valence-corrected chi connectivity index (χ0v) is 18.9. The van der Waals surface area contributed by atoms with Crippen molar-refractivity contribution in [3.8, 4) is 0 Å². The molecular weight excluding hydrogens is 390 g/mol. The Morgan fingerprint density at radius 2 is 1.35 bits per heavy atom. The molecule has 7 heteroatoms. The van der Waals surface area contributed by atoms with Gasteiger partial charge in [-0.3, -0.25) is 9.59 Å². The Kier molecular flexibility index (Phi) is 7.52. The summed E-state index contributed by atoms with van der Waals surface area (Å²) < 4.78 is 0. The van der Waals surface area contributed by atoms with Gasteiger partial charge in [-0.15, -0.1) is 0 Å². The van der Waals surface area contributed by atoms with Crippen molar-refractivity contribution in [1.82, 2.24) is 5.32 Å². The van der Waals surface area contributed by atoms with Gasteiger partial charge in [0.2, 0.25) is 0 Å². The normalized spacial score (nSPS) is 14.7. The predicted octanol–water partition coefficient (Wildman–Crippen LogP) is 1.29. The molecule has 1 heterocycles. The number of hydrogen-bond donors (Lipinski definition) is 3. The summed E-state index contributed by atoms with van der Waals surface area (Å²) in [6.45, 7) is 2.60. The highest BCUT2D eigenvalue weighted by molar-refractivity contribution is 6.39. The first kappa shape index (κ1) is 22.6. The van der Waals surface area contributed by atoms with Crippen LogP contribution in [0.2, 0.25) is 0 Å². The van der Waals surface area contributed by atoms with Crippen molar-refractivity contribution in [3.05, 3.63) is 54.1 Å². The minimum Gasteiger partial charge on any atom is -0.378 e. The Labute approximate surface area is 185 Å². The van der Waals surface area contributed by atoms with E-state index in [1.54, 1.807) is 12.1 Å². The number of nitrogens with zero attached hydrogens (tertiary/aromatic N) is 2. The van der Waals surface area contributed by atoms with Crippen LogP contribution in [-0.2, 0) is 9.59 Å². The van der Waals surface area contributed by atoms with Crippen molar-refractivity contribution in [2.24, 2.45) is 0 Å². The SMILES string of the molecule is CN(C)c1ccc(NC(=O)C(=O)NC[C@H](c2ccc(N(C)C)cc2)[NH+]2CCCC2)cc1. The summed E-state index contributed by atoms with van der Waals surface area (Å²) in [5.41, 5.74) is 3.95. The molecule has 2 aromatic rings. The first-order valence-electron chi connectivity index (χ1n) is 10.8. The molecule has 3 N–H and O–H groups in total. The van der Waals surface area contributed by atoms with E-state index in [1.807, 2.05) is 45.2 Å². The van der Waals surface area contributed by atoms with Crippen LogP contribution in [0.1, 0.15) is 24.4 Å². The monoisotopic (exact) mass is 424 g/mol. The van der Waals surface area contributed by atoms with E-state index in [0.717, 1.165) is 24.5 Å². The first-order chi connectivity index (χ1) is 14.8. The van der Waals surface area contributed by atoms with E-state index >= 15 is 0 Å². The number of benzene rings is 2. The number of anilines is 3. The summed E-state index contributed by atoms with van der Waals surface area (Å²) in [4.78, 5) is 30.3. The zero-order chi connectivity index (χ0) is 22.4. The summed E-state index contributed by atoms with van der Waals surface area (Å²) in [5, 5.41) is 5.53. The average molecular weight is 425 g/mol. The molecule has 31 heavy (non-hydrogen) atoms. The summed E-state index contributed by atoms with van der Waals surface area (Å²) in [6.07, 6.45) is 2.39. The van der Waals surface area contributed by atoms with Crippen LogP contribution in [0.15, 0.2) is 48.5 Å². The van der Waals surface area contributed by atoms with E-state index in [2.05, 4.69) is 39.8 Å². The molecule has 2 aromatic carbocycles. The summed E-state index contributed by atoms with van der Waals surface area (Å²) in [7, 11) is 7.94. The van der Waals surface area contributed by atoms with Crippen molar-refractivity contribution < 1.29 is 14.5 Å². The molecule has 1 atom stereocenters. The Morgan fingerprint density at radius 1 is 0.839 bits per heavy atom. The van der Waals surface area contributed by atoms with Gasteiger partial charge in [0, 0.05) is 63.7 Å². The Balaban J connectivity index is 1.62. The molecule has 0 unspecified atom stereocenters. The van der Waals surface area contributed by atoms with Crippen molar-refractivity contribution in [2.75, 3.05) is 62.9 Å². The van der Waals surface area contributed by atoms with Gasteiger partial charge in [0.1, 0.15) is 6.04 Å². The molecule has 0 saturated carbocycles. The molecule has 1 fully saturated rings. The minimum atomic E-state index is -0.643. The highest BCUT2D eigenvalue weighted by Crippen LogP contribution is 2.18. The molecule has 0 bridgehead atoms. The van der Waals surface area contributed by atoms with Crippen LogP contribution in [0.3, 0.4) is 0 Å². The van der Waals surface area contributed by atoms with E-state index in [1.165, 1.54) is 23.3 Å².